The van der Waals surface area contributed by atoms with Gasteiger partial charge >= 0.3 is 5.97 Å². The van der Waals surface area contributed by atoms with Gasteiger partial charge in [0.2, 0.25) is 5.91 Å². The quantitative estimate of drug-likeness (QED) is 0.738. The number of carboxylic acid groups (broad SMARTS) is 1. The molecule has 5 nitrogen and oxygen atoms in total. The van der Waals surface area contributed by atoms with E-state index in [0.29, 0.717) is 0 Å². The third kappa shape index (κ3) is 4.66. The number of carbonyl (C=O) groups excluding carboxylic acids is 1. The molecule has 0 fully saturated rings. The number of hydrogen-bond acceptors (Lipinski definition) is 3. The SMILES string of the molecule is Cc1ccc(C(C)NC(=O)C(N)CCC(=O)O)c(C)c1. The largest absolute Gasteiger partial charge is 0.481 e. The molecular weight excluding hydrogens is 256 g/mol. The van der Waals surface area contributed by atoms with Crippen LogP contribution in [0.2, 0.25) is 0 Å². The van der Waals surface area contributed by atoms with Crippen LogP contribution in [0, 0.1) is 13.8 Å². The molecule has 0 aromatic heterocycles. The Morgan fingerprint density at radius 3 is 2.55 bits per heavy atom. The predicted octanol–water partition coefficient (Wildman–Crippen LogP) is 1.67. The Morgan fingerprint density at radius 1 is 1.35 bits per heavy atom. The monoisotopic (exact) mass is 278 g/mol. The normalized spacial score (nSPS) is 13.6. The zero-order valence-electron chi connectivity index (χ0n) is 12.1. The summed E-state index contributed by atoms with van der Waals surface area (Å²) in [7, 11) is 0. The molecule has 5 heteroatoms. The van der Waals surface area contributed by atoms with E-state index in [9.17, 15) is 9.59 Å². The minimum absolute atomic E-state index is 0.105. The van der Waals surface area contributed by atoms with Gasteiger partial charge in [-0.05, 0) is 38.3 Å². The number of rotatable bonds is 6. The van der Waals surface area contributed by atoms with Crippen LogP contribution in [0.5, 0.6) is 0 Å². The van der Waals surface area contributed by atoms with Gasteiger partial charge in [0.05, 0.1) is 12.1 Å². The Labute approximate surface area is 119 Å². The van der Waals surface area contributed by atoms with E-state index in [0.717, 1.165) is 11.1 Å². The molecule has 2 unspecified atom stereocenters. The molecular formula is C15H22N2O3. The molecule has 0 heterocycles. The maximum absolute atomic E-state index is 11.9. The van der Waals surface area contributed by atoms with Crippen molar-refractivity contribution in [2.24, 2.45) is 5.73 Å². The Kier molecular flexibility index (Phi) is 5.70. The summed E-state index contributed by atoms with van der Waals surface area (Å²) in [4.78, 5) is 22.3. The first-order chi connectivity index (χ1) is 9.31. The number of aryl methyl sites for hydroxylation is 2. The molecule has 20 heavy (non-hydrogen) atoms. The van der Waals surface area contributed by atoms with Crippen LogP contribution >= 0.6 is 0 Å². The van der Waals surface area contributed by atoms with Crippen molar-refractivity contribution in [3.05, 3.63) is 34.9 Å². The maximum Gasteiger partial charge on any atom is 0.303 e. The van der Waals surface area contributed by atoms with Crippen LogP contribution in [0.1, 0.15) is 42.5 Å². The first-order valence-electron chi connectivity index (χ1n) is 6.66. The number of nitrogens with two attached hydrogens (primary N) is 1. The fourth-order valence-corrected chi connectivity index (χ4v) is 2.12. The number of hydrogen-bond donors (Lipinski definition) is 3. The van der Waals surface area contributed by atoms with Gasteiger partial charge in [-0.1, -0.05) is 23.8 Å². The molecule has 1 aromatic rings. The summed E-state index contributed by atoms with van der Waals surface area (Å²) in [6.45, 7) is 5.90. The Bertz CT molecular complexity index is 500. The average molecular weight is 278 g/mol. The Hall–Kier alpha value is -1.88. The summed E-state index contributed by atoms with van der Waals surface area (Å²) < 4.78 is 0. The smallest absolute Gasteiger partial charge is 0.303 e. The van der Waals surface area contributed by atoms with E-state index in [1.807, 2.05) is 32.9 Å². The van der Waals surface area contributed by atoms with Crippen molar-refractivity contribution in [1.82, 2.24) is 5.32 Å². The second-order valence-electron chi connectivity index (χ2n) is 5.13. The minimum Gasteiger partial charge on any atom is -0.481 e. The lowest BCUT2D eigenvalue weighted by Crippen LogP contribution is -2.42. The van der Waals surface area contributed by atoms with Crippen LogP contribution in [0.15, 0.2) is 18.2 Å². The molecule has 2 atom stereocenters. The standard InChI is InChI=1S/C15H22N2O3/c1-9-4-5-12(10(2)8-9)11(3)17-15(20)13(16)6-7-14(18)19/h4-5,8,11,13H,6-7,16H2,1-3H3,(H,17,20)(H,18,19). The van der Waals surface area contributed by atoms with Gasteiger partial charge in [0.15, 0.2) is 0 Å². The van der Waals surface area contributed by atoms with E-state index in [1.54, 1.807) is 0 Å². The topological polar surface area (TPSA) is 92.4 Å². The molecule has 4 N–H and O–H groups in total. The van der Waals surface area contributed by atoms with Crippen molar-refractivity contribution < 1.29 is 14.7 Å². The van der Waals surface area contributed by atoms with Gasteiger partial charge in [0.1, 0.15) is 0 Å². The van der Waals surface area contributed by atoms with Crippen LogP contribution < -0.4 is 11.1 Å². The van der Waals surface area contributed by atoms with Crippen molar-refractivity contribution in [3.8, 4) is 0 Å². The highest BCUT2D eigenvalue weighted by atomic mass is 16.4. The van der Waals surface area contributed by atoms with E-state index in [-0.39, 0.29) is 24.8 Å². The predicted molar refractivity (Wildman–Crippen MR) is 77.3 cm³/mol. The fourth-order valence-electron chi connectivity index (χ4n) is 2.12. The first-order valence-corrected chi connectivity index (χ1v) is 6.66. The summed E-state index contributed by atoms with van der Waals surface area (Å²) in [5.41, 5.74) is 8.99. The molecule has 1 amide bonds. The van der Waals surface area contributed by atoms with Gasteiger partial charge in [-0.25, -0.2) is 0 Å². The number of amides is 1. The minimum atomic E-state index is -0.948. The van der Waals surface area contributed by atoms with Gasteiger partial charge < -0.3 is 16.2 Å². The summed E-state index contributed by atoms with van der Waals surface area (Å²) in [6, 6.07) is 5.09. The van der Waals surface area contributed by atoms with E-state index in [1.165, 1.54) is 5.56 Å². The first kappa shape index (κ1) is 16.2. The number of carbonyl (C=O) groups is 2. The van der Waals surface area contributed by atoms with Crippen LogP contribution in [0.3, 0.4) is 0 Å². The van der Waals surface area contributed by atoms with Gasteiger partial charge in [-0.15, -0.1) is 0 Å². The van der Waals surface area contributed by atoms with Crippen LogP contribution in [0.25, 0.3) is 0 Å². The van der Waals surface area contributed by atoms with Crippen molar-refractivity contribution >= 4 is 11.9 Å². The van der Waals surface area contributed by atoms with E-state index in [4.69, 9.17) is 10.8 Å². The molecule has 0 saturated heterocycles. The lowest BCUT2D eigenvalue weighted by atomic mass is 10.00. The summed E-state index contributed by atoms with van der Waals surface area (Å²) in [5.74, 6) is -1.27. The molecule has 0 saturated carbocycles. The second kappa shape index (κ2) is 7.05. The van der Waals surface area contributed by atoms with Crippen molar-refractivity contribution in [2.75, 3.05) is 0 Å². The molecule has 0 aliphatic rings. The molecule has 0 aliphatic carbocycles. The van der Waals surface area contributed by atoms with Crippen molar-refractivity contribution in [1.29, 1.82) is 0 Å². The third-order valence-electron chi connectivity index (χ3n) is 3.26. The number of benzene rings is 1. The maximum atomic E-state index is 11.9. The second-order valence-corrected chi connectivity index (χ2v) is 5.13. The van der Waals surface area contributed by atoms with Crippen molar-refractivity contribution in [2.45, 2.75) is 45.7 Å². The molecule has 1 rings (SSSR count). The van der Waals surface area contributed by atoms with Gasteiger partial charge in [-0.2, -0.15) is 0 Å². The highest BCUT2D eigenvalue weighted by Gasteiger charge is 2.18. The van der Waals surface area contributed by atoms with E-state index in [2.05, 4.69) is 11.4 Å². The lowest BCUT2D eigenvalue weighted by Gasteiger charge is -2.19. The molecule has 0 radical (unpaired) electrons. The Morgan fingerprint density at radius 2 is 2.00 bits per heavy atom. The third-order valence-corrected chi connectivity index (χ3v) is 3.26. The molecule has 0 bridgehead atoms. The molecule has 0 aliphatic heterocycles. The fraction of sp³-hybridized carbons (Fsp3) is 0.467. The van der Waals surface area contributed by atoms with E-state index >= 15 is 0 Å². The molecule has 0 spiro atoms. The average Bonchev–Trinajstić information content (AvgIpc) is 2.35. The zero-order chi connectivity index (χ0) is 15.3. The molecule has 110 valence electrons. The van der Waals surface area contributed by atoms with Crippen LogP contribution in [-0.2, 0) is 9.59 Å². The Balaban J connectivity index is 2.63. The van der Waals surface area contributed by atoms with E-state index < -0.39 is 12.0 Å². The van der Waals surface area contributed by atoms with Gasteiger partial charge in [0.25, 0.3) is 0 Å². The highest BCUT2D eigenvalue weighted by Crippen LogP contribution is 2.18. The summed E-state index contributed by atoms with van der Waals surface area (Å²) >= 11 is 0. The number of carboxylic acids is 1. The number of aliphatic carboxylic acids is 1. The van der Waals surface area contributed by atoms with Crippen molar-refractivity contribution in [3.63, 3.8) is 0 Å². The van der Waals surface area contributed by atoms with Gasteiger partial charge in [-0.3, -0.25) is 9.59 Å². The highest BCUT2D eigenvalue weighted by molar-refractivity contribution is 5.82. The summed E-state index contributed by atoms with van der Waals surface area (Å²) in [5, 5.41) is 11.4. The van der Waals surface area contributed by atoms with Crippen LogP contribution in [0.4, 0.5) is 0 Å². The number of nitrogens with one attached hydrogen (secondary N) is 1. The summed E-state index contributed by atoms with van der Waals surface area (Å²) in [6.07, 6.45) is 0.0350. The van der Waals surface area contributed by atoms with Crippen LogP contribution in [-0.4, -0.2) is 23.0 Å². The van der Waals surface area contributed by atoms with Gasteiger partial charge in [0, 0.05) is 6.42 Å². The zero-order valence-corrected chi connectivity index (χ0v) is 12.1. The molecule has 1 aromatic carbocycles. The lowest BCUT2D eigenvalue weighted by molar-refractivity contribution is -0.137.